The van der Waals surface area contributed by atoms with Crippen LogP contribution in [-0.4, -0.2) is 32.7 Å². The molecule has 2 aliphatic heterocycles. The molecule has 0 amide bonds. The number of carbonyl (C=O) groups is 2. The van der Waals surface area contributed by atoms with Gasteiger partial charge < -0.3 is 4.84 Å². The van der Waals surface area contributed by atoms with Gasteiger partial charge in [0.15, 0.2) is 5.82 Å². The maximum Gasteiger partial charge on any atom is 0.321 e. The minimum atomic E-state index is -1.19. The highest BCUT2D eigenvalue weighted by atomic mass is 16.7. The molecule has 10 nitrogen and oxygen atoms in total. The predicted molar refractivity (Wildman–Crippen MR) is 73.8 cm³/mol. The molecule has 0 atom stereocenters. The van der Waals surface area contributed by atoms with Gasteiger partial charge in [-0.25, -0.2) is 10.5 Å². The van der Waals surface area contributed by atoms with Crippen LogP contribution in [-0.2, 0) is 14.4 Å². The van der Waals surface area contributed by atoms with Gasteiger partial charge in [-0.3, -0.25) is 24.9 Å². The first-order valence-electron chi connectivity index (χ1n) is 6.22. The van der Waals surface area contributed by atoms with E-state index in [1.54, 1.807) is 12.2 Å². The zero-order valence-corrected chi connectivity index (χ0v) is 11.3. The van der Waals surface area contributed by atoms with E-state index in [0.29, 0.717) is 5.57 Å². The predicted octanol–water partition coefficient (Wildman–Crippen LogP) is 0.102. The highest BCUT2D eigenvalue weighted by Crippen LogP contribution is 2.21. The van der Waals surface area contributed by atoms with E-state index in [4.69, 9.17) is 10.0 Å². The third-order valence-electron chi connectivity index (χ3n) is 3.02. The Balaban J connectivity index is 1.94. The van der Waals surface area contributed by atoms with Gasteiger partial charge >= 0.3 is 11.5 Å². The smallest absolute Gasteiger partial charge is 0.321 e. The molecule has 10 heteroatoms. The molecule has 2 N–H and O–H groups in total. The molecule has 0 fully saturated rings. The molecule has 0 aromatic rings. The summed E-state index contributed by atoms with van der Waals surface area (Å²) in [6, 6.07) is 0. The molecule has 116 valence electrons. The van der Waals surface area contributed by atoms with Gasteiger partial charge in [-0.05, 0) is 12.2 Å². The number of hydroxylamine groups is 3. The van der Waals surface area contributed by atoms with Crippen molar-refractivity contribution < 1.29 is 24.6 Å². The number of aliphatic imine (C=N–C) groups is 1. The number of nitrogens with one attached hydrogen (secondary N) is 1. The van der Waals surface area contributed by atoms with E-state index in [1.807, 2.05) is 0 Å². The van der Waals surface area contributed by atoms with E-state index in [-0.39, 0.29) is 17.3 Å². The van der Waals surface area contributed by atoms with Gasteiger partial charge in [-0.15, -0.1) is 0 Å². The second-order valence-electron chi connectivity index (χ2n) is 4.52. The van der Waals surface area contributed by atoms with E-state index in [1.165, 1.54) is 12.4 Å². The first-order chi connectivity index (χ1) is 11.0. The average Bonchev–Trinajstić information content (AvgIpc) is 3.00. The van der Waals surface area contributed by atoms with Crippen molar-refractivity contribution in [2.45, 2.75) is 0 Å². The van der Waals surface area contributed by atoms with Crippen LogP contribution in [0.5, 0.6) is 0 Å². The van der Waals surface area contributed by atoms with Gasteiger partial charge in [0, 0.05) is 30.1 Å². The summed E-state index contributed by atoms with van der Waals surface area (Å²) < 4.78 is 0. The average molecular weight is 316 g/mol. The molecule has 23 heavy (non-hydrogen) atoms. The molecule has 0 radical (unpaired) electrons. The molecule has 2 heterocycles. The summed E-state index contributed by atoms with van der Waals surface area (Å²) >= 11 is 0. The monoisotopic (exact) mass is 316 g/mol. The zero-order valence-electron chi connectivity index (χ0n) is 11.3. The second kappa shape index (κ2) is 5.35. The Morgan fingerprint density at radius 3 is 2.61 bits per heavy atom. The first-order valence-corrected chi connectivity index (χ1v) is 6.22. The van der Waals surface area contributed by atoms with Gasteiger partial charge in [-0.2, -0.15) is 4.99 Å². The number of rotatable bonds is 2. The number of ketones is 2. The van der Waals surface area contributed by atoms with Crippen LogP contribution in [0, 0.1) is 10.1 Å². The number of Topliss-reactive ketones (excluding diaryl/α,β-unsaturated/α-hetero) is 1. The molecule has 0 saturated heterocycles. The molecule has 1 aliphatic carbocycles. The standard InChI is InChI=1S/C13H8N4O6/c18-10-6-8(5-9(11(10)19)17(21)22)13-14-12(15-23-13)7-1-3-16(20)4-2-7/h1-6,15,20H. The number of carbonyl (C=O) groups excluding carboxylic acids is 2. The van der Waals surface area contributed by atoms with Gasteiger partial charge in [0.05, 0.1) is 10.5 Å². The zero-order chi connectivity index (χ0) is 16.6. The maximum absolute atomic E-state index is 11.5. The Morgan fingerprint density at radius 2 is 1.96 bits per heavy atom. The second-order valence-corrected chi connectivity index (χ2v) is 4.52. The summed E-state index contributed by atoms with van der Waals surface area (Å²) in [7, 11) is 0. The lowest BCUT2D eigenvalue weighted by Crippen LogP contribution is -2.25. The molecule has 3 rings (SSSR count). The number of hydrogen-bond acceptors (Lipinski definition) is 9. The third kappa shape index (κ3) is 2.65. The van der Waals surface area contributed by atoms with E-state index in [2.05, 4.69) is 10.5 Å². The van der Waals surface area contributed by atoms with Crippen LogP contribution in [0.1, 0.15) is 0 Å². The number of allylic oxidation sites excluding steroid dienone is 5. The van der Waals surface area contributed by atoms with Crippen LogP contribution in [0.2, 0.25) is 0 Å². The highest BCUT2D eigenvalue weighted by molar-refractivity contribution is 6.48. The molecule has 0 saturated carbocycles. The number of hydrogen-bond donors (Lipinski definition) is 2. The molecular formula is C13H8N4O6. The lowest BCUT2D eigenvalue weighted by Gasteiger charge is -2.10. The summed E-state index contributed by atoms with van der Waals surface area (Å²) in [5, 5.41) is 20.8. The molecular weight excluding hydrogens is 308 g/mol. The topological polar surface area (TPSA) is 134 Å². The van der Waals surface area contributed by atoms with Crippen molar-refractivity contribution in [1.82, 2.24) is 10.5 Å². The fourth-order valence-corrected chi connectivity index (χ4v) is 1.91. The first kappa shape index (κ1) is 14.4. The van der Waals surface area contributed by atoms with Gasteiger partial charge in [0.1, 0.15) is 0 Å². The summed E-state index contributed by atoms with van der Waals surface area (Å²) in [6.07, 6.45) is 7.67. The minimum Gasteiger partial charge on any atom is -0.359 e. The van der Waals surface area contributed by atoms with Crippen molar-refractivity contribution in [3.8, 4) is 0 Å². The molecule has 0 unspecified atom stereocenters. The van der Waals surface area contributed by atoms with Gasteiger partial charge in [0.2, 0.25) is 5.78 Å². The largest absolute Gasteiger partial charge is 0.359 e. The van der Waals surface area contributed by atoms with Crippen LogP contribution >= 0.6 is 0 Å². The Bertz CT molecular complexity index is 798. The van der Waals surface area contributed by atoms with Gasteiger partial charge in [-0.1, -0.05) is 0 Å². The number of nitrogens with zero attached hydrogens (tertiary/aromatic N) is 3. The van der Waals surface area contributed by atoms with E-state index < -0.39 is 22.2 Å². The van der Waals surface area contributed by atoms with Gasteiger partial charge in [0.25, 0.3) is 5.90 Å². The van der Waals surface area contributed by atoms with Crippen molar-refractivity contribution in [2.75, 3.05) is 0 Å². The number of nitro groups is 1. The van der Waals surface area contributed by atoms with Crippen LogP contribution < -0.4 is 5.48 Å². The maximum atomic E-state index is 11.5. The Hall–Kier alpha value is -3.53. The third-order valence-corrected chi connectivity index (χ3v) is 3.02. The molecule has 0 aromatic carbocycles. The lowest BCUT2D eigenvalue weighted by molar-refractivity contribution is -0.418. The molecule has 0 spiro atoms. The van der Waals surface area contributed by atoms with Crippen molar-refractivity contribution >= 4 is 17.5 Å². The molecule has 0 bridgehead atoms. The normalized spacial score (nSPS) is 20.0. The van der Waals surface area contributed by atoms with Crippen LogP contribution in [0.15, 0.2) is 64.4 Å². The quantitative estimate of drug-likeness (QED) is 0.317. The van der Waals surface area contributed by atoms with E-state index in [0.717, 1.165) is 17.2 Å². The van der Waals surface area contributed by atoms with Crippen LogP contribution in [0.4, 0.5) is 0 Å². The van der Waals surface area contributed by atoms with E-state index >= 15 is 0 Å². The summed E-state index contributed by atoms with van der Waals surface area (Å²) in [4.78, 5) is 42.0. The minimum absolute atomic E-state index is 0.0111. The Labute approximate surface area is 128 Å². The van der Waals surface area contributed by atoms with E-state index in [9.17, 15) is 19.7 Å². The van der Waals surface area contributed by atoms with Crippen LogP contribution in [0.25, 0.3) is 0 Å². The van der Waals surface area contributed by atoms with Crippen molar-refractivity contribution in [3.05, 3.63) is 69.5 Å². The molecule has 0 aromatic heterocycles. The fraction of sp³-hybridized carbons (Fsp3) is 0. The van der Waals surface area contributed by atoms with Crippen molar-refractivity contribution in [1.29, 1.82) is 0 Å². The lowest BCUT2D eigenvalue weighted by atomic mass is 10.0. The van der Waals surface area contributed by atoms with Crippen LogP contribution in [0.3, 0.4) is 0 Å². The SMILES string of the molecule is O=C1C=C(C2=NC(=C3C=CN(O)C=C3)NO2)C=C([N+](=O)[O-])C1=O. The fourth-order valence-electron chi connectivity index (χ4n) is 1.91. The Morgan fingerprint density at radius 1 is 1.26 bits per heavy atom. The summed E-state index contributed by atoms with van der Waals surface area (Å²) in [6.45, 7) is 0. The summed E-state index contributed by atoms with van der Waals surface area (Å²) in [5.41, 5.74) is 2.24. The van der Waals surface area contributed by atoms with Crippen molar-refractivity contribution in [3.63, 3.8) is 0 Å². The van der Waals surface area contributed by atoms with Crippen molar-refractivity contribution in [2.24, 2.45) is 4.99 Å². The highest BCUT2D eigenvalue weighted by Gasteiger charge is 2.34. The Kier molecular flexibility index (Phi) is 3.35. The molecule has 3 aliphatic rings. The summed E-state index contributed by atoms with van der Waals surface area (Å²) in [5.74, 6) is -2.01.